The van der Waals surface area contributed by atoms with E-state index < -0.39 is 0 Å². The minimum Gasteiger partial charge on any atom is -0.294 e. The molecule has 0 aliphatic heterocycles. The van der Waals surface area contributed by atoms with Crippen molar-refractivity contribution in [1.82, 2.24) is 9.78 Å². The molecule has 0 spiro atoms. The van der Waals surface area contributed by atoms with Crippen molar-refractivity contribution in [3.63, 3.8) is 0 Å². The van der Waals surface area contributed by atoms with Crippen molar-refractivity contribution in [2.45, 2.75) is 32.7 Å². The molecular weight excluding hydrogens is 340 g/mol. The number of hydrogen-bond acceptors (Lipinski definition) is 2. The second-order valence-electron chi connectivity index (χ2n) is 4.77. The summed E-state index contributed by atoms with van der Waals surface area (Å²) in [6.07, 6.45) is 3.23. The fourth-order valence-corrected chi connectivity index (χ4v) is 2.78. The third-order valence-electron chi connectivity index (χ3n) is 3.28. The molecule has 1 aromatic heterocycles. The van der Waals surface area contributed by atoms with Gasteiger partial charge in [-0.25, -0.2) is 0 Å². The van der Waals surface area contributed by atoms with Gasteiger partial charge in [0.25, 0.3) is 0 Å². The van der Waals surface area contributed by atoms with Crippen LogP contribution in [0.3, 0.4) is 0 Å². The van der Waals surface area contributed by atoms with Gasteiger partial charge in [0.15, 0.2) is 5.78 Å². The van der Waals surface area contributed by atoms with Gasteiger partial charge < -0.3 is 0 Å². The quantitative estimate of drug-likeness (QED) is 0.729. The summed E-state index contributed by atoms with van der Waals surface area (Å²) < 4.78 is 2.62. The average Bonchev–Trinajstić information content (AvgIpc) is 2.86. The van der Waals surface area contributed by atoms with E-state index in [2.05, 4.69) is 34.9 Å². The molecule has 106 valence electrons. The molecule has 0 radical (unpaired) electrons. The van der Waals surface area contributed by atoms with Crippen molar-refractivity contribution < 1.29 is 4.79 Å². The van der Waals surface area contributed by atoms with Crippen LogP contribution in [0.5, 0.6) is 0 Å². The highest BCUT2D eigenvalue weighted by Gasteiger charge is 2.13. The molecule has 2 aromatic rings. The maximum Gasteiger partial charge on any atom is 0.170 e. The van der Waals surface area contributed by atoms with Crippen LogP contribution in [0.15, 0.2) is 34.9 Å². The Hall–Kier alpha value is -1.13. The van der Waals surface area contributed by atoms with E-state index in [4.69, 9.17) is 11.6 Å². The molecule has 0 aliphatic rings. The van der Waals surface area contributed by atoms with E-state index in [0.29, 0.717) is 23.0 Å². The Balaban J connectivity index is 2.13. The molecule has 0 bridgehead atoms. The molecule has 0 amide bonds. The Kier molecular flexibility index (Phi) is 5.00. The molecule has 5 heteroatoms. The Bertz CT molecular complexity index is 624. The van der Waals surface area contributed by atoms with Crippen molar-refractivity contribution >= 4 is 33.3 Å². The highest BCUT2D eigenvalue weighted by atomic mass is 79.9. The van der Waals surface area contributed by atoms with Gasteiger partial charge in [-0.05, 0) is 53.5 Å². The van der Waals surface area contributed by atoms with Gasteiger partial charge in [0.1, 0.15) is 0 Å². The minimum absolute atomic E-state index is 0.0305. The standard InChI is InChI=1S/C15H16BrClN2O/c1-3-10(2)19-7-6-12(18-19)9-15(20)13-5-4-11(17)8-14(13)16/h4-8,10H,3,9H2,1-2H3. The van der Waals surface area contributed by atoms with Gasteiger partial charge in [-0.2, -0.15) is 5.10 Å². The van der Waals surface area contributed by atoms with E-state index in [-0.39, 0.29) is 5.78 Å². The van der Waals surface area contributed by atoms with Gasteiger partial charge in [0.05, 0.1) is 12.1 Å². The lowest BCUT2D eigenvalue weighted by atomic mass is 10.1. The summed E-state index contributed by atoms with van der Waals surface area (Å²) in [5.74, 6) is 0.0305. The van der Waals surface area contributed by atoms with Gasteiger partial charge in [0.2, 0.25) is 0 Å². The van der Waals surface area contributed by atoms with Gasteiger partial charge in [-0.3, -0.25) is 9.48 Å². The topological polar surface area (TPSA) is 34.9 Å². The number of nitrogens with zero attached hydrogens (tertiary/aromatic N) is 2. The van der Waals surface area contributed by atoms with E-state index in [9.17, 15) is 4.79 Å². The number of carbonyl (C=O) groups excluding carboxylic acids is 1. The van der Waals surface area contributed by atoms with Gasteiger partial charge in [-0.1, -0.05) is 18.5 Å². The predicted octanol–water partition coefficient (Wildman–Crippen LogP) is 4.70. The van der Waals surface area contributed by atoms with Crippen molar-refractivity contribution in [3.05, 3.63) is 51.2 Å². The maximum absolute atomic E-state index is 12.3. The third-order valence-corrected chi connectivity index (χ3v) is 4.17. The van der Waals surface area contributed by atoms with Crippen LogP contribution < -0.4 is 0 Å². The maximum atomic E-state index is 12.3. The van der Waals surface area contributed by atoms with Crippen LogP contribution in [-0.4, -0.2) is 15.6 Å². The molecule has 0 aliphatic carbocycles. The van der Waals surface area contributed by atoms with Crippen LogP contribution in [0, 0.1) is 0 Å². The summed E-state index contributed by atoms with van der Waals surface area (Å²) in [5, 5.41) is 5.05. The smallest absolute Gasteiger partial charge is 0.170 e. The first-order valence-corrected chi connectivity index (χ1v) is 7.70. The summed E-state index contributed by atoms with van der Waals surface area (Å²) in [4.78, 5) is 12.3. The number of benzene rings is 1. The zero-order valence-electron chi connectivity index (χ0n) is 11.4. The summed E-state index contributed by atoms with van der Waals surface area (Å²) >= 11 is 9.25. The fourth-order valence-electron chi connectivity index (χ4n) is 1.88. The van der Waals surface area contributed by atoms with Crippen molar-refractivity contribution in [1.29, 1.82) is 0 Å². The highest BCUT2D eigenvalue weighted by molar-refractivity contribution is 9.10. The molecular formula is C15H16BrClN2O. The van der Waals surface area contributed by atoms with Gasteiger partial charge >= 0.3 is 0 Å². The zero-order chi connectivity index (χ0) is 14.7. The van der Waals surface area contributed by atoms with E-state index >= 15 is 0 Å². The Morgan fingerprint density at radius 1 is 1.45 bits per heavy atom. The van der Waals surface area contributed by atoms with Crippen LogP contribution in [0.1, 0.15) is 42.4 Å². The number of aromatic nitrogens is 2. The minimum atomic E-state index is 0.0305. The second kappa shape index (κ2) is 6.55. The van der Waals surface area contributed by atoms with Gasteiger partial charge in [-0.15, -0.1) is 0 Å². The number of halogens is 2. The van der Waals surface area contributed by atoms with Crippen LogP contribution >= 0.6 is 27.5 Å². The lowest BCUT2D eigenvalue weighted by Crippen LogP contribution is -2.08. The van der Waals surface area contributed by atoms with Crippen molar-refractivity contribution in [3.8, 4) is 0 Å². The number of rotatable bonds is 5. The zero-order valence-corrected chi connectivity index (χ0v) is 13.8. The van der Waals surface area contributed by atoms with E-state index in [1.807, 2.05) is 16.9 Å². The average molecular weight is 356 g/mol. The second-order valence-corrected chi connectivity index (χ2v) is 6.06. The SMILES string of the molecule is CCC(C)n1ccc(CC(=O)c2ccc(Cl)cc2Br)n1. The van der Waals surface area contributed by atoms with E-state index in [1.165, 1.54) is 0 Å². The molecule has 1 atom stereocenters. The molecule has 0 saturated heterocycles. The van der Waals surface area contributed by atoms with Crippen molar-refractivity contribution in [2.75, 3.05) is 0 Å². The fraction of sp³-hybridized carbons (Fsp3) is 0.333. The van der Waals surface area contributed by atoms with Crippen LogP contribution in [0.25, 0.3) is 0 Å². The monoisotopic (exact) mass is 354 g/mol. The Morgan fingerprint density at radius 3 is 2.85 bits per heavy atom. The number of Topliss-reactive ketones (excluding diaryl/α,β-unsaturated/α-hetero) is 1. The summed E-state index contributed by atoms with van der Waals surface area (Å²) in [5.41, 5.74) is 1.42. The normalized spacial score (nSPS) is 12.4. The van der Waals surface area contributed by atoms with E-state index in [1.54, 1.807) is 18.2 Å². The van der Waals surface area contributed by atoms with Gasteiger partial charge in [0, 0.05) is 27.3 Å². The molecule has 0 fully saturated rings. The molecule has 2 rings (SSSR count). The molecule has 20 heavy (non-hydrogen) atoms. The Morgan fingerprint density at radius 2 is 2.20 bits per heavy atom. The summed E-state index contributed by atoms with van der Waals surface area (Å²) in [7, 11) is 0. The highest BCUT2D eigenvalue weighted by Crippen LogP contribution is 2.23. The predicted molar refractivity (Wildman–Crippen MR) is 84.4 cm³/mol. The number of hydrogen-bond donors (Lipinski definition) is 0. The third kappa shape index (κ3) is 3.49. The molecule has 0 N–H and O–H groups in total. The molecule has 3 nitrogen and oxygen atoms in total. The first-order chi connectivity index (χ1) is 9.51. The summed E-state index contributed by atoms with van der Waals surface area (Å²) in [6, 6.07) is 7.43. The molecule has 1 aromatic carbocycles. The number of ketones is 1. The van der Waals surface area contributed by atoms with Crippen LogP contribution in [0.2, 0.25) is 5.02 Å². The van der Waals surface area contributed by atoms with Crippen LogP contribution in [0.4, 0.5) is 0 Å². The lowest BCUT2D eigenvalue weighted by Gasteiger charge is -2.08. The van der Waals surface area contributed by atoms with Crippen LogP contribution in [-0.2, 0) is 6.42 Å². The molecule has 1 unspecified atom stereocenters. The molecule has 1 heterocycles. The lowest BCUT2D eigenvalue weighted by molar-refractivity contribution is 0.0991. The van der Waals surface area contributed by atoms with Crippen molar-refractivity contribution in [2.24, 2.45) is 0 Å². The first kappa shape index (κ1) is 15.3. The molecule has 0 saturated carbocycles. The largest absolute Gasteiger partial charge is 0.294 e. The van der Waals surface area contributed by atoms with E-state index in [0.717, 1.165) is 16.6 Å². The Labute approximate surface area is 132 Å². The summed E-state index contributed by atoms with van der Waals surface area (Å²) in [6.45, 7) is 4.22. The number of carbonyl (C=O) groups is 1. The first-order valence-electron chi connectivity index (χ1n) is 6.53.